The number of nitrogens with zero attached hydrogens (tertiary/aromatic N) is 3. The number of benzene rings is 1. The van der Waals surface area contributed by atoms with Gasteiger partial charge < -0.3 is 15.0 Å². The predicted octanol–water partition coefficient (Wildman–Crippen LogP) is 1.70. The molecule has 1 aliphatic heterocycles. The van der Waals surface area contributed by atoms with Crippen LogP contribution in [0.15, 0.2) is 28.8 Å². The third kappa shape index (κ3) is 3.72. The van der Waals surface area contributed by atoms with Crippen LogP contribution in [-0.2, 0) is 6.54 Å². The lowest BCUT2D eigenvalue weighted by atomic mass is 10.2. The Bertz CT molecular complexity index is 573. The summed E-state index contributed by atoms with van der Waals surface area (Å²) in [5.41, 5.74) is 6.80. The molecule has 114 valence electrons. The van der Waals surface area contributed by atoms with Crippen LogP contribution in [0.4, 0.5) is 0 Å². The van der Waals surface area contributed by atoms with E-state index in [0.717, 1.165) is 30.8 Å². The molecular weight excluding hydrogens is 292 g/mol. The molecular formula is C14H19ClN4O2. The lowest BCUT2D eigenvalue weighted by Gasteiger charge is -2.10. The minimum absolute atomic E-state index is 0. The fourth-order valence-corrected chi connectivity index (χ4v) is 2.37. The van der Waals surface area contributed by atoms with E-state index in [4.69, 9.17) is 15.0 Å². The van der Waals surface area contributed by atoms with Gasteiger partial charge in [0, 0.05) is 24.7 Å². The molecule has 0 aliphatic carbocycles. The Kier molecular flexibility index (Phi) is 5.17. The van der Waals surface area contributed by atoms with E-state index in [1.807, 2.05) is 24.3 Å². The fourth-order valence-electron chi connectivity index (χ4n) is 2.37. The Hall–Kier alpha value is -1.63. The fraction of sp³-hybridized carbons (Fsp3) is 0.429. The first-order valence-electron chi connectivity index (χ1n) is 6.69. The van der Waals surface area contributed by atoms with Crippen molar-refractivity contribution in [1.29, 1.82) is 0 Å². The van der Waals surface area contributed by atoms with Gasteiger partial charge in [-0.25, -0.2) is 0 Å². The minimum atomic E-state index is 0. The van der Waals surface area contributed by atoms with Crippen molar-refractivity contribution in [1.82, 2.24) is 15.0 Å². The third-order valence-electron chi connectivity index (χ3n) is 3.48. The highest BCUT2D eigenvalue weighted by molar-refractivity contribution is 5.85. The number of aromatic nitrogens is 2. The Morgan fingerprint density at radius 1 is 1.38 bits per heavy atom. The van der Waals surface area contributed by atoms with Gasteiger partial charge in [-0.15, -0.1) is 12.4 Å². The van der Waals surface area contributed by atoms with Gasteiger partial charge in [0.25, 0.3) is 0 Å². The van der Waals surface area contributed by atoms with Crippen LogP contribution in [0, 0.1) is 0 Å². The van der Waals surface area contributed by atoms with Crippen LogP contribution in [0.3, 0.4) is 0 Å². The second-order valence-electron chi connectivity index (χ2n) is 5.02. The lowest BCUT2D eigenvalue weighted by Crippen LogP contribution is -2.26. The highest BCUT2D eigenvalue weighted by Gasteiger charge is 2.21. The van der Waals surface area contributed by atoms with E-state index in [1.165, 1.54) is 0 Å². The van der Waals surface area contributed by atoms with E-state index >= 15 is 0 Å². The maximum Gasteiger partial charge on any atom is 0.241 e. The summed E-state index contributed by atoms with van der Waals surface area (Å²) in [7, 11) is 1.64. The van der Waals surface area contributed by atoms with E-state index in [1.54, 1.807) is 7.11 Å². The Balaban J connectivity index is 0.00000161. The van der Waals surface area contributed by atoms with Crippen molar-refractivity contribution >= 4 is 12.4 Å². The molecule has 0 bridgehead atoms. The zero-order valence-electron chi connectivity index (χ0n) is 11.9. The predicted molar refractivity (Wildman–Crippen MR) is 81.4 cm³/mol. The molecule has 6 nitrogen and oxygen atoms in total. The van der Waals surface area contributed by atoms with Gasteiger partial charge in [-0.05, 0) is 30.7 Å². The summed E-state index contributed by atoms with van der Waals surface area (Å²) in [5.74, 6) is 2.04. The number of nitrogens with two attached hydrogens (primary N) is 1. The monoisotopic (exact) mass is 310 g/mol. The van der Waals surface area contributed by atoms with Crippen molar-refractivity contribution in [3.05, 3.63) is 30.2 Å². The number of hydrogen-bond acceptors (Lipinski definition) is 6. The molecule has 1 aromatic carbocycles. The number of likely N-dealkylation sites (tertiary alicyclic amines) is 1. The Morgan fingerprint density at radius 2 is 2.14 bits per heavy atom. The molecule has 0 unspecified atom stereocenters. The lowest BCUT2D eigenvalue weighted by molar-refractivity contribution is 0.265. The molecule has 2 N–H and O–H groups in total. The molecule has 1 saturated heterocycles. The first-order chi connectivity index (χ1) is 9.74. The molecule has 0 spiro atoms. The molecule has 21 heavy (non-hydrogen) atoms. The molecule has 1 aliphatic rings. The van der Waals surface area contributed by atoms with Gasteiger partial charge in [-0.3, -0.25) is 4.90 Å². The van der Waals surface area contributed by atoms with E-state index in [-0.39, 0.29) is 18.4 Å². The van der Waals surface area contributed by atoms with Gasteiger partial charge in [0.05, 0.1) is 13.7 Å². The Morgan fingerprint density at radius 3 is 2.76 bits per heavy atom. The number of halogens is 1. The standard InChI is InChI=1S/C14H18N4O2.ClH/c1-19-12-4-2-10(3-5-12)14-16-13(20-17-14)9-18-7-6-11(15)8-18;/h2-5,11H,6-9,15H2,1H3;1H/t11-;/m1./s1. The summed E-state index contributed by atoms with van der Waals surface area (Å²) in [4.78, 5) is 6.66. The molecule has 0 saturated carbocycles. The van der Waals surface area contributed by atoms with Crippen molar-refractivity contribution in [2.75, 3.05) is 20.2 Å². The number of methoxy groups -OCH3 is 1. The maximum atomic E-state index is 5.88. The van der Waals surface area contributed by atoms with Gasteiger partial charge in [0.2, 0.25) is 11.7 Å². The van der Waals surface area contributed by atoms with Crippen LogP contribution in [0.25, 0.3) is 11.4 Å². The van der Waals surface area contributed by atoms with Crippen LogP contribution < -0.4 is 10.5 Å². The Labute approximate surface area is 129 Å². The molecule has 3 rings (SSSR count). The highest BCUT2D eigenvalue weighted by atomic mass is 35.5. The van der Waals surface area contributed by atoms with E-state index in [2.05, 4.69) is 15.0 Å². The van der Waals surface area contributed by atoms with Crippen LogP contribution in [-0.4, -0.2) is 41.3 Å². The quantitative estimate of drug-likeness (QED) is 0.926. The average Bonchev–Trinajstić information content (AvgIpc) is 3.09. The smallest absolute Gasteiger partial charge is 0.241 e. The highest BCUT2D eigenvalue weighted by Crippen LogP contribution is 2.20. The summed E-state index contributed by atoms with van der Waals surface area (Å²) in [6.07, 6.45) is 1.03. The summed E-state index contributed by atoms with van der Waals surface area (Å²) in [5, 5.41) is 4.02. The van der Waals surface area contributed by atoms with Gasteiger partial charge >= 0.3 is 0 Å². The van der Waals surface area contributed by atoms with Gasteiger partial charge in [-0.1, -0.05) is 5.16 Å². The van der Waals surface area contributed by atoms with Crippen molar-refractivity contribution in [3.8, 4) is 17.1 Å². The van der Waals surface area contributed by atoms with Crippen LogP contribution in [0.1, 0.15) is 12.3 Å². The van der Waals surface area contributed by atoms with Crippen LogP contribution in [0.2, 0.25) is 0 Å². The topological polar surface area (TPSA) is 77.4 Å². The van der Waals surface area contributed by atoms with Crippen LogP contribution >= 0.6 is 12.4 Å². The number of hydrogen-bond donors (Lipinski definition) is 1. The van der Waals surface area contributed by atoms with E-state index in [0.29, 0.717) is 18.3 Å². The maximum absolute atomic E-state index is 5.88. The third-order valence-corrected chi connectivity index (χ3v) is 3.48. The molecule has 0 radical (unpaired) electrons. The molecule has 2 heterocycles. The molecule has 1 fully saturated rings. The van der Waals surface area contributed by atoms with Crippen molar-refractivity contribution in [2.45, 2.75) is 19.0 Å². The number of ether oxygens (including phenoxy) is 1. The molecule has 1 aromatic heterocycles. The molecule has 0 amide bonds. The average molecular weight is 311 g/mol. The second kappa shape index (κ2) is 6.89. The molecule has 1 atom stereocenters. The zero-order chi connectivity index (χ0) is 13.9. The first-order valence-corrected chi connectivity index (χ1v) is 6.69. The van der Waals surface area contributed by atoms with E-state index in [9.17, 15) is 0 Å². The first kappa shape index (κ1) is 15.8. The van der Waals surface area contributed by atoms with Crippen molar-refractivity contribution in [2.24, 2.45) is 5.73 Å². The van der Waals surface area contributed by atoms with Crippen molar-refractivity contribution in [3.63, 3.8) is 0 Å². The van der Waals surface area contributed by atoms with E-state index < -0.39 is 0 Å². The van der Waals surface area contributed by atoms with Gasteiger partial charge in [0.1, 0.15) is 5.75 Å². The molecule has 2 aromatic rings. The van der Waals surface area contributed by atoms with Gasteiger partial charge in [-0.2, -0.15) is 4.98 Å². The van der Waals surface area contributed by atoms with Gasteiger partial charge in [0.15, 0.2) is 0 Å². The van der Waals surface area contributed by atoms with Crippen LogP contribution in [0.5, 0.6) is 5.75 Å². The van der Waals surface area contributed by atoms with Crippen molar-refractivity contribution < 1.29 is 9.26 Å². The second-order valence-corrected chi connectivity index (χ2v) is 5.02. The summed E-state index contributed by atoms with van der Waals surface area (Å²) < 4.78 is 10.4. The minimum Gasteiger partial charge on any atom is -0.497 e. The summed E-state index contributed by atoms with van der Waals surface area (Å²) >= 11 is 0. The number of rotatable bonds is 4. The SMILES string of the molecule is COc1ccc(-c2noc(CN3CC[C@@H](N)C3)n2)cc1.Cl. The molecule has 7 heteroatoms. The largest absolute Gasteiger partial charge is 0.497 e. The normalized spacial score (nSPS) is 18.5. The summed E-state index contributed by atoms with van der Waals surface area (Å²) in [6, 6.07) is 7.85. The summed E-state index contributed by atoms with van der Waals surface area (Å²) in [6.45, 7) is 2.54. The zero-order valence-corrected chi connectivity index (χ0v) is 12.7.